The van der Waals surface area contributed by atoms with Crippen LogP contribution in [-0.2, 0) is 19.1 Å². The Morgan fingerprint density at radius 3 is 2.56 bits per heavy atom. The van der Waals surface area contributed by atoms with Gasteiger partial charge in [-0.05, 0) is 54.6 Å². The predicted molar refractivity (Wildman–Crippen MR) is 121 cm³/mol. The second kappa shape index (κ2) is 10.3. The van der Waals surface area contributed by atoms with Crippen molar-refractivity contribution in [2.75, 3.05) is 19.0 Å². The highest BCUT2D eigenvalue weighted by molar-refractivity contribution is 8.18. The molecule has 0 bridgehead atoms. The molecule has 0 radical (unpaired) electrons. The number of esters is 1. The van der Waals surface area contributed by atoms with Gasteiger partial charge in [-0.3, -0.25) is 19.3 Å². The Kier molecular flexibility index (Phi) is 7.55. The van der Waals surface area contributed by atoms with Gasteiger partial charge in [0, 0.05) is 5.69 Å². The molecule has 0 saturated carbocycles. The number of carbonyl (C=O) groups is 4. The minimum atomic E-state index is -1.03. The van der Waals surface area contributed by atoms with Gasteiger partial charge in [0.15, 0.2) is 6.61 Å². The molecule has 8 nitrogen and oxygen atoms in total. The van der Waals surface area contributed by atoms with Crippen molar-refractivity contribution in [3.63, 3.8) is 0 Å². The van der Waals surface area contributed by atoms with Crippen molar-refractivity contribution < 1.29 is 28.7 Å². The van der Waals surface area contributed by atoms with Gasteiger partial charge >= 0.3 is 5.97 Å². The topological polar surface area (TPSA) is 102 Å². The average molecular weight is 475 g/mol. The Labute approximate surface area is 193 Å². The van der Waals surface area contributed by atoms with Crippen LogP contribution in [0.2, 0.25) is 5.02 Å². The van der Waals surface area contributed by atoms with Gasteiger partial charge in [-0.25, -0.2) is 4.79 Å². The van der Waals surface area contributed by atoms with Gasteiger partial charge in [0.2, 0.25) is 0 Å². The number of amides is 3. The Hall–Kier alpha value is -3.30. The summed E-state index contributed by atoms with van der Waals surface area (Å²) in [5.74, 6) is -1.33. The molecule has 0 unspecified atom stereocenters. The van der Waals surface area contributed by atoms with Gasteiger partial charge in [0.05, 0.1) is 17.0 Å². The van der Waals surface area contributed by atoms with E-state index in [4.69, 9.17) is 16.3 Å². The van der Waals surface area contributed by atoms with Gasteiger partial charge < -0.3 is 14.8 Å². The molecule has 32 heavy (non-hydrogen) atoms. The van der Waals surface area contributed by atoms with E-state index >= 15 is 0 Å². The zero-order valence-electron chi connectivity index (χ0n) is 17.2. The molecule has 0 aliphatic carbocycles. The summed E-state index contributed by atoms with van der Waals surface area (Å²) in [7, 11) is 1.19. The molecule has 166 valence electrons. The summed E-state index contributed by atoms with van der Waals surface area (Å²) in [5, 5.41) is 2.37. The molecular formula is C22H19ClN2O6S. The van der Waals surface area contributed by atoms with Crippen molar-refractivity contribution in [3.05, 3.63) is 64.0 Å². The maximum atomic E-state index is 12.6. The third-order valence-electron chi connectivity index (χ3n) is 4.42. The smallest absolute Gasteiger partial charge is 0.328 e. The Morgan fingerprint density at radius 1 is 1.19 bits per heavy atom. The average Bonchev–Trinajstić information content (AvgIpc) is 3.05. The fraction of sp³-hybridized carbons (Fsp3) is 0.182. The third-order valence-corrected chi connectivity index (χ3v) is 5.60. The van der Waals surface area contributed by atoms with Crippen LogP contribution in [0.5, 0.6) is 5.75 Å². The molecule has 2 aromatic rings. The number of halogens is 1. The lowest BCUT2D eigenvalue weighted by molar-refractivity contribution is -0.148. The summed E-state index contributed by atoms with van der Waals surface area (Å²) in [6, 6.07) is 12.7. The molecule has 2 aromatic carbocycles. The largest absolute Gasteiger partial charge is 0.482 e. The SMILES string of the molecule is COC(=O)[C@H](C)N1C(=O)S/C(=C/c2ccc(OCC(=O)Nc3ccccc3)c(Cl)c2)C1=O. The number of thioether (sulfide) groups is 1. The van der Waals surface area contributed by atoms with E-state index in [0.717, 1.165) is 16.7 Å². The lowest BCUT2D eigenvalue weighted by atomic mass is 10.2. The lowest BCUT2D eigenvalue weighted by Gasteiger charge is -2.18. The van der Waals surface area contributed by atoms with E-state index in [0.29, 0.717) is 17.0 Å². The summed E-state index contributed by atoms with van der Waals surface area (Å²) in [5.41, 5.74) is 1.20. The molecule has 10 heteroatoms. The summed E-state index contributed by atoms with van der Waals surface area (Å²) >= 11 is 6.97. The van der Waals surface area contributed by atoms with Gasteiger partial charge in [0.25, 0.3) is 17.1 Å². The molecule has 1 fully saturated rings. The molecule has 0 aromatic heterocycles. The highest BCUT2D eigenvalue weighted by Gasteiger charge is 2.41. The normalized spacial score (nSPS) is 15.6. The monoisotopic (exact) mass is 474 g/mol. The number of hydrogen-bond donors (Lipinski definition) is 1. The van der Waals surface area contributed by atoms with Crippen LogP contribution >= 0.6 is 23.4 Å². The van der Waals surface area contributed by atoms with Crippen molar-refractivity contribution in [1.29, 1.82) is 0 Å². The molecular weight excluding hydrogens is 456 g/mol. The van der Waals surface area contributed by atoms with E-state index in [1.54, 1.807) is 42.5 Å². The van der Waals surface area contributed by atoms with E-state index < -0.39 is 23.2 Å². The number of nitrogens with zero attached hydrogens (tertiary/aromatic N) is 1. The van der Waals surface area contributed by atoms with Crippen LogP contribution in [0.1, 0.15) is 12.5 Å². The molecule has 1 N–H and O–H groups in total. The second-order valence-corrected chi connectivity index (χ2v) is 8.04. The number of ether oxygens (including phenoxy) is 2. The first-order valence-electron chi connectivity index (χ1n) is 9.42. The first-order chi connectivity index (χ1) is 15.3. The van der Waals surface area contributed by atoms with E-state index in [1.165, 1.54) is 20.1 Å². The van der Waals surface area contributed by atoms with Crippen molar-refractivity contribution >= 4 is 58.1 Å². The summed E-state index contributed by atoms with van der Waals surface area (Å²) in [6.07, 6.45) is 1.49. The highest BCUT2D eigenvalue weighted by Crippen LogP contribution is 2.35. The number of imide groups is 1. The highest BCUT2D eigenvalue weighted by atomic mass is 35.5. The van der Waals surface area contributed by atoms with Crippen molar-refractivity contribution in [2.45, 2.75) is 13.0 Å². The number of anilines is 1. The van der Waals surface area contributed by atoms with Crippen LogP contribution in [0.3, 0.4) is 0 Å². The van der Waals surface area contributed by atoms with Gasteiger partial charge in [-0.2, -0.15) is 0 Å². The van der Waals surface area contributed by atoms with E-state index in [9.17, 15) is 19.2 Å². The van der Waals surface area contributed by atoms with Gasteiger partial charge in [0.1, 0.15) is 11.8 Å². The first-order valence-corrected chi connectivity index (χ1v) is 10.6. The van der Waals surface area contributed by atoms with E-state index in [2.05, 4.69) is 10.1 Å². The maximum Gasteiger partial charge on any atom is 0.328 e. The zero-order valence-corrected chi connectivity index (χ0v) is 18.7. The quantitative estimate of drug-likeness (QED) is 0.478. The van der Waals surface area contributed by atoms with Crippen molar-refractivity contribution in [2.24, 2.45) is 0 Å². The van der Waals surface area contributed by atoms with Crippen LogP contribution in [0.15, 0.2) is 53.4 Å². The standard InChI is InChI=1S/C22H19ClN2O6S/c1-13(21(28)30-2)25-20(27)18(32-22(25)29)11-14-8-9-17(16(23)10-14)31-12-19(26)24-15-6-4-3-5-7-15/h3-11,13H,12H2,1-2H3,(H,24,26)/b18-11+/t13-/m0/s1. The second-order valence-electron chi connectivity index (χ2n) is 6.64. The number of carbonyl (C=O) groups excluding carboxylic acids is 4. The van der Waals surface area contributed by atoms with Gasteiger partial charge in [-0.15, -0.1) is 0 Å². The van der Waals surface area contributed by atoms with Crippen molar-refractivity contribution in [3.8, 4) is 5.75 Å². The number of para-hydroxylation sites is 1. The lowest BCUT2D eigenvalue weighted by Crippen LogP contribution is -2.42. The predicted octanol–water partition coefficient (Wildman–Crippen LogP) is 3.96. The van der Waals surface area contributed by atoms with Gasteiger partial charge in [-0.1, -0.05) is 35.9 Å². The van der Waals surface area contributed by atoms with E-state index in [1.807, 2.05) is 6.07 Å². The first kappa shape index (κ1) is 23.4. The Balaban J connectivity index is 1.65. The Bertz CT molecular complexity index is 1090. The third kappa shape index (κ3) is 5.49. The number of hydrogen-bond acceptors (Lipinski definition) is 7. The molecule has 3 amide bonds. The molecule has 1 heterocycles. The summed E-state index contributed by atoms with van der Waals surface area (Å²) < 4.78 is 10.1. The van der Waals surface area contributed by atoms with Crippen molar-refractivity contribution in [1.82, 2.24) is 4.90 Å². The molecule has 0 spiro atoms. The van der Waals surface area contributed by atoms with Crippen LogP contribution in [0.25, 0.3) is 6.08 Å². The number of rotatable bonds is 7. The summed E-state index contributed by atoms with van der Waals surface area (Å²) in [4.78, 5) is 49.5. The summed E-state index contributed by atoms with van der Waals surface area (Å²) in [6.45, 7) is 1.18. The molecule has 3 rings (SSSR count). The Morgan fingerprint density at radius 2 is 1.91 bits per heavy atom. The van der Waals surface area contributed by atoms with Crippen LogP contribution in [0, 0.1) is 0 Å². The van der Waals surface area contributed by atoms with E-state index in [-0.39, 0.29) is 22.4 Å². The number of benzene rings is 2. The fourth-order valence-corrected chi connectivity index (χ4v) is 3.98. The molecule has 1 aliphatic heterocycles. The number of nitrogens with one attached hydrogen (secondary N) is 1. The molecule has 1 saturated heterocycles. The van der Waals surface area contributed by atoms with Crippen LogP contribution < -0.4 is 10.1 Å². The minimum absolute atomic E-state index is 0.151. The molecule has 1 aliphatic rings. The van der Waals surface area contributed by atoms with Crippen LogP contribution in [-0.4, -0.2) is 47.7 Å². The zero-order chi connectivity index (χ0) is 23.3. The van der Waals surface area contributed by atoms with Crippen LogP contribution in [0.4, 0.5) is 10.5 Å². The fourth-order valence-electron chi connectivity index (χ4n) is 2.83. The molecule has 1 atom stereocenters. The number of methoxy groups -OCH3 is 1. The maximum absolute atomic E-state index is 12.6. The minimum Gasteiger partial charge on any atom is -0.482 e.